The van der Waals surface area contributed by atoms with Gasteiger partial charge in [0.15, 0.2) is 0 Å². The Kier molecular flexibility index (Phi) is 7.15. The van der Waals surface area contributed by atoms with E-state index in [1.165, 1.54) is 12.2 Å². The Labute approximate surface area is 99.1 Å². The molecule has 0 unspecified atom stereocenters. The van der Waals surface area contributed by atoms with E-state index in [2.05, 4.69) is 9.47 Å². The fraction of sp³-hybridized carbons (Fsp3) is 0.556. The van der Waals surface area contributed by atoms with Crippen LogP contribution in [0.3, 0.4) is 0 Å². The zero-order valence-corrected chi connectivity index (χ0v) is 10.1. The summed E-state index contributed by atoms with van der Waals surface area (Å²) >= 11 is 0. The smallest absolute Gasteiger partial charge is 0.330 e. The van der Waals surface area contributed by atoms with Crippen LogP contribution in [-0.4, -0.2) is 43.9 Å². The second kappa shape index (κ2) is 7.80. The number of hydrogen-bond acceptors (Lipinski definition) is 6. The Bertz CT molecular complexity index is 382. The van der Waals surface area contributed by atoms with Crippen LogP contribution in [0.2, 0.25) is 0 Å². The van der Waals surface area contributed by atoms with Gasteiger partial charge in [-0.1, -0.05) is 6.08 Å². The molecule has 0 radical (unpaired) electrons. The van der Waals surface area contributed by atoms with Crippen molar-refractivity contribution in [3.8, 4) is 0 Å². The number of ether oxygens (including phenoxy) is 2. The second-order valence-corrected chi connectivity index (χ2v) is 4.50. The predicted molar refractivity (Wildman–Crippen MR) is 57.8 cm³/mol. The van der Waals surface area contributed by atoms with Crippen molar-refractivity contribution in [2.45, 2.75) is 13.3 Å². The minimum Gasteiger partial charge on any atom is -0.464 e. The largest absolute Gasteiger partial charge is 0.464 e. The summed E-state index contributed by atoms with van der Waals surface area (Å²) in [7, 11) is -4.13. The van der Waals surface area contributed by atoms with E-state index in [1.807, 2.05) is 0 Å². The van der Waals surface area contributed by atoms with E-state index in [1.54, 1.807) is 6.92 Å². The molecule has 0 aromatic rings. The third-order valence-corrected chi connectivity index (χ3v) is 2.14. The van der Waals surface area contributed by atoms with Crippen LogP contribution in [0.4, 0.5) is 0 Å². The minimum atomic E-state index is -4.13. The number of allylic oxidation sites excluding steroid dienone is 1. The molecule has 0 aromatic carbocycles. The lowest BCUT2D eigenvalue weighted by Crippen LogP contribution is -2.16. The SMILES string of the molecule is CC=CC(=O)OCCC(=O)OCCS(=O)(=O)O. The molecule has 17 heavy (non-hydrogen) atoms. The molecule has 0 atom stereocenters. The molecule has 0 saturated carbocycles. The molecule has 7 nitrogen and oxygen atoms in total. The van der Waals surface area contributed by atoms with Crippen molar-refractivity contribution in [2.75, 3.05) is 19.0 Å². The van der Waals surface area contributed by atoms with Crippen LogP contribution in [-0.2, 0) is 29.2 Å². The lowest BCUT2D eigenvalue weighted by molar-refractivity contribution is -0.146. The lowest BCUT2D eigenvalue weighted by atomic mass is 10.4. The maximum atomic E-state index is 11.0. The Morgan fingerprint density at radius 3 is 2.41 bits per heavy atom. The molecule has 0 heterocycles. The molecule has 0 amide bonds. The zero-order valence-electron chi connectivity index (χ0n) is 9.29. The van der Waals surface area contributed by atoms with Gasteiger partial charge < -0.3 is 9.47 Å². The van der Waals surface area contributed by atoms with Crippen LogP contribution in [0.1, 0.15) is 13.3 Å². The van der Waals surface area contributed by atoms with Gasteiger partial charge in [-0.25, -0.2) is 4.79 Å². The molecule has 0 aromatic heterocycles. The van der Waals surface area contributed by atoms with E-state index >= 15 is 0 Å². The number of carbonyl (C=O) groups is 2. The first-order valence-electron chi connectivity index (χ1n) is 4.75. The van der Waals surface area contributed by atoms with Crippen LogP contribution in [0, 0.1) is 0 Å². The third-order valence-electron chi connectivity index (χ3n) is 1.46. The first-order chi connectivity index (χ1) is 7.85. The molecule has 8 heteroatoms. The fourth-order valence-electron chi connectivity index (χ4n) is 0.752. The summed E-state index contributed by atoms with van der Waals surface area (Å²) in [6.45, 7) is 1.07. The van der Waals surface area contributed by atoms with Crippen molar-refractivity contribution >= 4 is 22.1 Å². The van der Waals surface area contributed by atoms with E-state index in [0.717, 1.165) is 0 Å². The van der Waals surface area contributed by atoms with Gasteiger partial charge in [-0.2, -0.15) is 8.42 Å². The zero-order chi connectivity index (χ0) is 13.3. The molecule has 98 valence electrons. The van der Waals surface area contributed by atoms with Gasteiger partial charge in [0.25, 0.3) is 10.1 Å². The Morgan fingerprint density at radius 1 is 1.24 bits per heavy atom. The van der Waals surface area contributed by atoms with E-state index < -0.39 is 34.4 Å². The number of rotatable bonds is 7. The van der Waals surface area contributed by atoms with Crippen LogP contribution in [0.15, 0.2) is 12.2 Å². The third kappa shape index (κ3) is 10.9. The van der Waals surface area contributed by atoms with Crippen molar-refractivity contribution in [3.05, 3.63) is 12.2 Å². The monoisotopic (exact) mass is 266 g/mol. The Hall–Kier alpha value is -1.41. The van der Waals surface area contributed by atoms with Gasteiger partial charge in [-0.3, -0.25) is 9.35 Å². The average molecular weight is 266 g/mol. The van der Waals surface area contributed by atoms with Gasteiger partial charge in [0.1, 0.15) is 19.0 Å². The quantitative estimate of drug-likeness (QED) is 0.390. The van der Waals surface area contributed by atoms with E-state index in [4.69, 9.17) is 4.55 Å². The summed E-state index contributed by atoms with van der Waals surface area (Å²) in [5.74, 6) is -1.93. The molecule has 1 N–H and O–H groups in total. The maximum absolute atomic E-state index is 11.0. The second-order valence-electron chi connectivity index (χ2n) is 2.92. The summed E-state index contributed by atoms with van der Waals surface area (Å²) < 4.78 is 38.0. The van der Waals surface area contributed by atoms with Gasteiger partial charge in [0.05, 0.1) is 6.42 Å². The summed E-state index contributed by atoms with van der Waals surface area (Å²) in [4.78, 5) is 21.8. The van der Waals surface area contributed by atoms with Gasteiger partial charge in [0, 0.05) is 6.08 Å². The molecule has 0 aliphatic rings. The van der Waals surface area contributed by atoms with Gasteiger partial charge >= 0.3 is 11.9 Å². The molecule has 0 rings (SSSR count). The number of hydrogen-bond donors (Lipinski definition) is 1. The highest BCUT2D eigenvalue weighted by Crippen LogP contribution is 1.91. The van der Waals surface area contributed by atoms with Crippen LogP contribution < -0.4 is 0 Å². The van der Waals surface area contributed by atoms with Crippen molar-refractivity contribution < 1.29 is 32.0 Å². The van der Waals surface area contributed by atoms with E-state index in [9.17, 15) is 18.0 Å². The van der Waals surface area contributed by atoms with Gasteiger partial charge in [0.2, 0.25) is 0 Å². The Balaban J connectivity index is 3.64. The van der Waals surface area contributed by atoms with Crippen molar-refractivity contribution in [3.63, 3.8) is 0 Å². The maximum Gasteiger partial charge on any atom is 0.330 e. The normalized spacial score (nSPS) is 11.4. The van der Waals surface area contributed by atoms with E-state index in [-0.39, 0.29) is 13.0 Å². The van der Waals surface area contributed by atoms with Gasteiger partial charge in [-0.05, 0) is 6.92 Å². The van der Waals surface area contributed by atoms with E-state index in [0.29, 0.717) is 0 Å². The molecule has 0 fully saturated rings. The highest BCUT2D eigenvalue weighted by Gasteiger charge is 2.08. The summed E-state index contributed by atoms with van der Waals surface area (Å²) in [6, 6.07) is 0. The van der Waals surface area contributed by atoms with Gasteiger partial charge in [-0.15, -0.1) is 0 Å². The summed E-state index contributed by atoms with van der Waals surface area (Å²) in [5.41, 5.74) is 0. The summed E-state index contributed by atoms with van der Waals surface area (Å²) in [5, 5.41) is 0. The first kappa shape index (κ1) is 15.6. The topological polar surface area (TPSA) is 107 Å². The molecule has 0 bridgehead atoms. The minimum absolute atomic E-state index is 0.145. The lowest BCUT2D eigenvalue weighted by Gasteiger charge is -2.03. The number of esters is 2. The molecular formula is C9H14O7S. The van der Waals surface area contributed by atoms with Crippen LogP contribution in [0.25, 0.3) is 0 Å². The van der Waals surface area contributed by atoms with Crippen molar-refractivity contribution in [1.29, 1.82) is 0 Å². The van der Waals surface area contributed by atoms with Crippen LogP contribution in [0.5, 0.6) is 0 Å². The summed E-state index contributed by atoms with van der Waals surface area (Å²) in [6.07, 6.45) is 2.52. The first-order valence-corrected chi connectivity index (χ1v) is 6.36. The Morgan fingerprint density at radius 2 is 1.88 bits per heavy atom. The van der Waals surface area contributed by atoms with Crippen LogP contribution >= 0.6 is 0 Å². The van der Waals surface area contributed by atoms with Crippen molar-refractivity contribution in [2.24, 2.45) is 0 Å². The standard InChI is InChI=1S/C9H14O7S/c1-2-3-8(10)15-5-4-9(11)16-6-7-17(12,13)14/h2-3H,4-7H2,1H3,(H,12,13,14). The molecule has 0 spiro atoms. The predicted octanol–water partition coefficient (Wildman–Crippen LogP) is -0.0732. The fourth-order valence-corrected chi connectivity index (χ4v) is 1.05. The molecule has 0 aliphatic heterocycles. The molecule has 0 aliphatic carbocycles. The number of carbonyl (C=O) groups excluding carboxylic acids is 2. The highest BCUT2D eigenvalue weighted by atomic mass is 32.2. The molecule has 0 saturated heterocycles. The molecular weight excluding hydrogens is 252 g/mol. The van der Waals surface area contributed by atoms with Crippen molar-refractivity contribution in [1.82, 2.24) is 0 Å². The highest BCUT2D eigenvalue weighted by molar-refractivity contribution is 7.85. The average Bonchev–Trinajstić information content (AvgIpc) is 2.16.